The third-order valence-corrected chi connectivity index (χ3v) is 3.89. The molecule has 0 bridgehead atoms. The van der Waals surface area contributed by atoms with Gasteiger partial charge in [-0.2, -0.15) is 0 Å². The highest BCUT2D eigenvalue weighted by atomic mass is 19.1. The Hall–Kier alpha value is -1.01. The van der Waals surface area contributed by atoms with E-state index in [1.165, 1.54) is 0 Å². The van der Waals surface area contributed by atoms with E-state index in [9.17, 15) is 4.39 Å². The molecule has 0 amide bonds. The molecule has 1 aromatic carbocycles. The van der Waals surface area contributed by atoms with Crippen LogP contribution >= 0.6 is 0 Å². The lowest BCUT2D eigenvalue weighted by atomic mass is 9.99. The van der Waals surface area contributed by atoms with Gasteiger partial charge in [0.15, 0.2) is 23.8 Å². The molecule has 4 atom stereocenters. The van der Waals surface area contributed by atoms with Crippen molar-refractivity contribution in [3.8, 4) is 0 Å². The molecule has 1 aromatic rings. The quantitative estimate of drug-likeness (QED) is 0.856. The van der Waals surface area contributed by atoms with Crippen molar-refractivity contribution in [2.75, 3.05) is 6.61 Å². The Morgan fingerprint density at radius 1 is 1.19 bits per heavy atom. The lowest BCUT2D eigenvalue weighted by Crippen LogP contribution is -2.43. The first kappa shape index (κ1) is 14.9. The van der Waals surface area contributed by atoms with E-state index in [-0.39, 0.29) is 6.61 Å². The second kappa shape index (κ2) is 5.32. The molecule has 0 aliphatic carbocycles. The van der Waals surface area contributed by atoms with Gasteiger partial charge in [-0.1, -0.05) is 30.3 Å². The monoisotopic (exact) mass is 296 g/mol. The molecule has 21 heavy (non-hydrogen) atoms. The van der Waals surface area contributed by atoms with Gasteiger partial charge < -0.3 is 18.9 Å². The molecule has 4 unspecified atom stereocenters. The van der Waals surface area contributed by atoms with Gasteiger partial charge in [-0.15, -0.1) is 0 Å². The Morgan fingerprint density at radius 3 is 2.57 bits per heavy atom. The molecule has 0 saturated carbocycles. The standard InChI is InChI=1S/C16H21FO4/c1-15(2)20-14-16(3,21-15)13(17)12(19-14)10-18-9-11-7-5-4-6-8-11/h4-8,12-14H,9-10H2,1-3H3. The highest BCUT2D eigenvalue weighted by Crippen LogP contribution is 2.46. The summed E-state index contributed by atoms with van der Waals surface area (Å²) >= 11 is 0. The lowest BCUT2D eigenvalue weighted by molar-refractivity contribution is -0.219. The Labute approximate surface area is 124 Å². The highest BCUT2D eigenvalue weighted by molar-refractivity contribution is 5.13. The van der Waals surface area contributed by atoms with Crippen LogP contribution < -0.4 is 0 Å². The van der Waals surface area contributed by atoms with E-state index < -0.39 is 30.0 Å². The van der Waals surface area contributed by atoms with Crippen molar-refractivity contribution in [2.45, 2.75) is 57.3 Å². The molecule has 5 heteroatoms. The first-order chi connectivity index (χ1) is 9.91. The maximum absolute atomic E-state index is 14.6. The molecular formula is C16H21FO4. The van der Waals surface area contributed by atoms with Crippen LogP contribution in [-0.4, -0.2) is 36.6 Å². The van der Waals surface area contributed by atoms with E-state index >= 15 is 0 Å². The van der Waals surface area contributed by atoms with E-state index in [1.54, 1.807) is 20.8 Å². The molecule has 4 nitrogen and oxygen atoms in total. The fraction of sp³-hybridized carbons (Fsp3) is 0.625. The predicted molar refractivity (Wildman–Crippen MR) is 74.3 cm³/mol. The maximum atomic E-state index is 14.6. The molecule has 0 aromatic heterocycles. The van der Waals surface area contributed by atoms with Crippen molar-refractivity contribution in [2.24, 2.45) is 0 Å². The Balaban J connectivity index is 1.55. The van der Waals surface area contributed by atoms with Crippen molar-refractivity contribution in [1.29, 1.82) is 0 Å². The van der Waals surface area contributed by atoms with Gasteiger partial charge in [0, 0.05) is 0 Å². The zero-order valence-corrected chi connectivity index (χ0v) is 12.5. The van der Waals surface area contributed by atoms with E-state index in [4.69, 9.17) is 18.9 Å². The molecule has 0 spiro atoms. The van der Waals surface area contributed by atoms with Gasteiger partial charge in [-0.05, 0) is 26.3 Å². The van der Waals surface area contributed by atoms with Crippen LogP contribution in [0.15, 0.2) is 30.3 Å². The molecule has 2 fully saturated rings. The minimum atomic E-state index is -1.28. The summed E-state index contributed by atoms with van der Waals surface area (Å²) < 4.78 is 37.1. The maximum Gasteiger partial charge on any atom is 0.193 e. The van der Waals surface area contributed by atoms with E-state index in [2.05, 4.69) is 0 Å². The Kier molecular flexibility index (Phi) is 3.78. The molecule has 0 N–H and O–H groups in total. The van der Waals surface area contributed by atoms with Crippen molar-refractivity contribution >= 4 is 0 Å². The number of halogens is 1. The number of alkyl halides is 1. The van der Waals surface area contributed by atoms with Crippen molar-refractivity contribution in [3.05, 3.63) is 35.9 Å². The van der Waals surface area contributed by atoms with Crippen molar-refractivity contribution in [3.63, 3.8) is 0 Å². The van der Waals surface area contributed by atoms with Crippen LogP contribution in [0.1, 0.15) is 26.3 Å². The lowest BCUT2D eigenvalue weighted by Gasteiger charge is -2.26. The topological polar surface area (TPSA) is 36.9 Å². The third-order valence-electron chi connectivity index (χ3n) is 3.89. The summed E-state index contributed by atoms with van der Waals surface area (Å²) in [6, 6.07) is 9.76. The Bertz CT molecular complexity index is 492. The molecule has 2 aliphatic rings. The van der Waals surface area contributed by atoms with E-state index in [0.29, 0.717) is 6.61 Å². The van der Waals surface area contributed by atoms with E-state index in [0.717, 1.165) is 5.56 Å². The first-order valence-corrected chi connectivity index (χ1v) is 7.20. The van der Waals surface area contributed by atoms with Gasteiger partial charge in [-0.3, -0.25) is 0 Å². The summed E-state index contributed by atoms with van der Waals surface area (Å²) in [5.74, 6) is -0.820. The smallest absolute Gasteiger partial charge is 0.193 e. The van der Waals surface area contributed by atoms with Crippen LogP contribution in [0.5, 0.6) is 0 Å². The van der Waals surface area contributed by atoms with Gasteiger partial charge in [0.2, 0.25) is 0 Å². The second-order valence-electron chi connectivity index (χ2n) is 6.21. The molecule has 2 saturated heterocycles. The summed E-state index contributed by atoms with van der Waals surface area (Å²) in [7, 11) is 0. The van der Waals surface area contributed by atoms with Crippen LogP contribution in [0.3, 0.4) is 0 Å². The number of fused-ring (bicyclic) bond motifs is 1. The molecule has 116 valence electrons. The second-order valence-corrected chi connectivity index (χ2v) is 6.21. The fourth-order valence-electron chi connectivity index (χ4n) is 2.91. The van der Waals surface area contributed by atoms with Crippen LogP contribution in [0.2, 0.25) is 0 Å². The van der Waals surface area contributed by atoms with Crippen LogP contribution in [0.25, 0.3) is 0 Å². The van der Waals surface area contributed by atoms with Crippen molar-refractivity contribution < 1.29 is 23.3 Å². The summed E-state index contributed by atoms with van der Waals surface area (Å²) in [6.45, 7) is 5.81. The van der Waals surface area contributed by atoms with Gasteiger partial charge in [0.25, 0.3) is 0 Å². The van der Waals surface area contributed by atoms with Gasteiger partial charge in [0.05, 0.1) is 13.2 Å². The van der Waals surface area contributed by atoms with Gasteiger partial charge in [-0.25, -0.2) is 4.39 Å². The molecule has 3 rings (SSSR count). The SMILES string of the molecule is CC1(C)OC2OC(COCc3ccccc3)C(F)C2(C)O1. The largest absolute Gasteiger partial charge is 0.374 e. The summed E-state index contributed by atoms with van der Waals surface area (Å²) in [6.07, 6.45) is -2.63. The van der Waals surface area contributed by atoms with Crippen molar-refractivity contribution in [1.82, 2.24) is 0 Å². The molecular weight excluding hydrogens is 275 g/mol. The molecule has 2 heterocycles. The normalized spacial score (nSPS) is 37.6. The number of ether oxygens (including phenoxy) is 4. The van der Waals surface area contributed by atoms with Gasteiger partial charge >= 0.3 is 0 Å². The third kappa shape index (κ3) is 2.83. The predicted octanol–water partition coefficient (Wildman–Crippen LogP) is 2.81. The number of hydrogen-bond acceptors (Lipinski definition) is 4. The number of benzene rings is 1. The first-order valence-electron chi connectivity index (χ1n) is 7.20. The van der Waals surface area contributed by atoms with Crippen LogP contribution in [-0.2, 0) is 25.6 Å². The average molecular weight is 296 g/mol. The Morgan fingerprint density at radius 2 is 1.90 bits per heavy atom. The number of hydrogen-bond donors (Lipinski definition) is 0. The molecule has 2 aliphatic heterocycles. The minimum absolute atomic E-state index is 0.176. The highest BCUT2D eigenvalue weighted by Gasteiger charge is 2.63. The summed E-state index contributed by atoms with van der Waals surface area (Å²) in [4.78, 5) is 0. The minimum Gasteiger partial charge on any atom is -0.374 e. The van der Waals surface area contributed by atoms with Gasteiger partial charge in [0.1, 0.15) is 6.10 Å². The zero-order valence-electron chi connectivity index (χ0n) is 12.5. The van der Waals surface area contributed by atoms with Crippen LogP contribution in [0, 0.1) is 0 Å². The average Bonchev–Trinajstić information content (AvgIpc) is 2.79. The molecule has 0 radical (unpaired) electrons. The number of rotatable bonds is 4. The van der Waals surface area contributed by atoms with Crippen LogP contribution in [0.4, 0.5) is 4.39 Å². The summed E-state index contributed by atoms with van der Waals surface area (Å²) in [5.41, 5.74) is -0.0180. The zero-order chi connectivity index (χ0) is 15.1. The fourth-order valence-corrected chi connectivity index (χ4v) is 2.91. The van der Waals surface area contributed by atoms with E-state index in [1.807, 2.05) is 30.3 Å². The summed E-state index contributed by atoms with van der Waals surface area (Å²) in [5, 5.41) is 0.